The summed E-state index contributed by atoms with van der Waals surface area (Å²) in [5.74, 6) is -0.428. The molecule has 0 unspecified atom stereocenters. The van der Waals surface area contributed by atoms with Crippen molar-refractivity contribution in [1.82, 2.24) is 4.98 Å². The molecule has 2 aromatic carbocycles. The van der Waals surface area contributed by atoms with Gasteiger partial charge in [-0.05, 0) is 64.3 Å². The number of nitrogens with one attached hydrogen (secondary N) is 1. The molecule has 7 heteroatoms. The van der Waals surface area contributed by atoms with E-state index in [9.17, 15) is 14.9 Å². The summed E-state index contributed by atoms with van der Waals surface area (Å²) >= 11 is 0. The summed E-state index contributed by atoms with van der Waals surface area (Å²) in [7, 11) is 1.32. The third kappa shape index (κ3) is 5.92. The number of nitro benzene ring substituents is 1. The van der Waals surface area contributed by atoms with Crippen molar-refractivity contribution in [2.45, 2.75) is 53.6 Å². The number of aliphatic hydroxyl groups is 1. The molecule has 0 amide bonds. The smallest absolute Gasteiger partial charge is 0.310 e. The van der Waals surface area contributed by atoms with E-state index in [0.717, 1.165) is 27.8 Å². The van der Waals surface area contributed by atoms with Gasteiger partial charge in [-0.1, -0.05) is 29.8 Å². The maximum absolute atomic E-state index is 12.0. The van der Waals surface area contributed by atoms with Crippen molar-refractivity contribution >= 4 is 22.6 Å². The molecule has 31 heavy (non-hydrogen) atoms. The highest BCUT2D eigenvalue weighted by atomic mass is 16.6. The molecule has 3 aromatic rings. The molecule has 0 aliphatic heterocycles. The predicted octanol–water partition coefficient (Wildman–Crippen LogP) is 5.16. The zero-order valence-electron chi connectivity index (χ0n) is 19.1. The fourth-order valence-electron chi connectivity index (χ4n) is 3.37. The van der Waals surface area contributed by atoms with E-state index in [1.807, 2.05) is 44.2 Å². The van der Waals surface area contributed by atoms with Crippen LogP contribution in [0.15, 0.2) is 30.3 Å². The lowest BCUT2D eigenvalue weighted by Crippen LogP contribution is -2.10. The van der Waals surface area contributed by atoms with Crippen LogP contribution in [0.5, 0.6) is 0 Å². The summed E-state index contributed by atoms with van der Waals surface area (Å²) in [6.45, 7) is 10.8. The van der Waals surface area contributed by atoms with Gasteiger partial charge in [-0.25, -0.2) is 0 Å². The molecule has 0 saturated carbocycles. The Bertz CT molecular complexity index is 1100. The van der Waals surface area contributed by atoms with Crippen molar-refractivity contribution in [2.75, 3.05) is 7.11 Å². The van der Waals surface area contributed by atoms with Gasteiger partial charge in [0.05, 0.1) is 24.1 Å². The summed E-state index contributed by atoms with van der Waals surface area (Å²) in [6, 6.07) is 9.80. The maximum atomic E-state index is 12.0. The standard InChI is InChI=1S/C20H20N2O4.C4H10O/c1-11-5-7-14(8-6-11)18-15(10-17(23)26-4)13(3)20(22(24)25)19-16(18)9-12(2)21-19;1-4(2,3)5/h5-9,21H,10H2,1-4H3;5H,1-3H3. The Morgan fingerprint density at radius 3 is 2.19 bits per heavy atom. The van der Waals surface area contributed by atoms with Gasteiger partial charge >= 0.3 is 5.97 Å². The number of H-pyrrole nitrogens is 1. The van der Waals surface area contributed by atoms with E-state index in [1.165, 1.54) is 7.11 Å². The molecule has 1 aromatic heterocycles. The summed E-state index contributed by atoms with van der Waals surface area (Å²) in [4.78, 5) is 26.4. The van der Waals surface area contributed by atoms with Crippen LogP contribution in [-0.2, 0) is 16.0 Å². The van der Waals surface area contributed by atoms with Gasteiger partial charge < -0.3 is 14.8 Å². The van der Waals surface area contributed by atoms with E-state index in [0.29, 0.717) is 16.6 Å². The van der Waals surface area contributed by atoms with Crippen LogP contribution in [0.2, 0.25) is 0 Å². The van der Waals surface area contributed by atoms with Crippen LogP contribution in [-0.4, -0.2) is 33.7 Å². The molecule has 0 bridgehead atoms. The van der Waals surface area contributed by atoms with Gasteiger partial charge in [-0.3, -0.25) is 14.9 Å². The predicted molar refractivity (Wildman–Crippen MR) is 122 cm³/mol. The lowest BCUT2D eigenvalue weighted by atomic mass is 9.89. The number of benzene rings is 2. The van der Waals surface area contributed by atoms with Gasteiger partial charge in [0.25, 0.3) is 5.69 Å². The Kier molecular flexibility index (Phi) is 7.23. The number of carbonyl (C=O) groups is 1. The van der Waals surface area contributed by atoms with E-state index >= 15 is 0 Å². The molecule has 3 rings (SSSR count). The first-order valence-corrected chi connectivity index (χ1v) is 9.98. The normalized spacial score (nSPS) is 11.1. The molecule has 0 radical (unpaired) electrons. The first kappa shape index (κ1) is 24.1. The zero-order valence-corrected chi connectivity index (χ0v) is 19.1. The molecule has 0 fully saturated rings. The Hall–Kier alpha value is -3.19. The molecular weight excluding hydrogens is 396 g/mol. The number of nitrogens with zero attached hydrogens (tertiary/aromatic N) is 1. The second-order valence-corrected chi connectivity index (χ2v) is 8.62. The fourth-order valence-corrected chi connectivity index (χ4v) is 3.37. The van der Waals surface area contributed by atoms with Crippen LogP contribution < -0.4 is 0 Å². The van der Waals surface area contributed by atoms with Crippen molar-refractivity contribution in [1.29, 1.82) is 0 Å². The summed E-state index contributed by atoms with van der Waals surface area (Å²) in [5.41, 5.74) is 4.77. The average Bonchev–Trinajstić information content (AvgIpc) is 3.01. The van der Waals surface area contributed by atoms with Crippen LogP contribution in [0.25, 0.3) is 22.0 Å². The van der Waals surface area contributed by atoms with Crippen molar-refractivity contribution in [3.8, 4) is 11.1 Å². The molecule has 2 N–H and O–H groups in total. The monoisotopic (exact) mass is 426 g/mol. The van der Waals surface area contributed by atoms with Crippen molar-refractivity contribution < 1.29 is 19.6 Å². The van der Waals surface area contributed by atoms with E-state index in [1.54, 1.807) is 27.7 Å². The van der Waals surface area contributed by atoms with E-state index in [-0.39, 0.29) is 12.1 Å². The number of esters is 1. The first-order valence-electron chi connectivity index (χ1n) is 9.98. The molecule has 0 saturated heterocycles. The number of hydrogen-bond donors (Lipinski definition) is 2. The summed E-state index contributed by atoms with van der Waals surface area (Å²) in [5, 5.41) is 21.0. The molecule has 7 nitrogen and oxygen atoms in total. The third-order valence-electron chi connectivity index (χ3n) is 4.64. The van der Waals surface area contributed by atoms with Crippen LogP contribution in [0.4, 0.5) is 5.69 Å². The lowest BCUT2D eigenvalue weighted by Gasteiger charge is -2.15. The Morgan fingerprint density at radius 1 is 1.16 bits per heavy atom. The minimum absolute atomic E-state index is 0.00265. The number of aromatic amines is 1. The molecule has 0 aliphatic rings. The van der Waals surface area contributed by atoms with Gasteiger partial charge in [0, 0.05) is 16.6 Å². The minimum atomic E-state index is -0.500. The molecule has 166 valence electrons. The van der Waals surface area contributed by atoms with E-state index < -0.39 is 16.5 Å². The van der Waals surface area contributed by atoms with Crippen molar-refractivity contribution in [2.24, 2.45) is 0 Å². The van der Waals surface area contributed by atoms with Gasteiger partial charge in [0.1, 0.15) is 5.52 Å². The fraction of sp³-hybridized carbons (Fsp3) is 0.375. The van der Waals surface area contributed by atoms with Gasteiger partial charge in [0.2, 0.25) is 0 Å². The van der Waals surface area contributed by atoms with Crippen LogP contribution in [0.3, 0.4) is 0 Å². The highest BCUT2D eigenvalue weighted by molar-refractivity contribution is 6.04. The number of fused-ring (bicyclic) bond motifs is 1. The third-order valence-corrected chi connectivity index (χ3v) is 4.64. The van der Waals surface area contributed by atoms with Crippen molar-refractivity contribution in [3.63, 3.8) is 0 Å². The SMILES string of the molecule is CC(C)(C)O.COC(=O)Cc1c(C)c([N+](=O)[O-])c2[nH]c(C)cc2c1-c1ccc(C)cc1. The topological polar surface area (TPSA) is 105 Å². The number of aryl methyl sites for hydroxylation is 2. The van der Waals surface area contributed by atoms with Gasteiger partial charge in [-0.15, -0.1) is 0 Å². The number of methoxy groups -OCH3 is 1. The van der Waals surface area contributed by atoms with Gasteiger partial charge in [-0.2, -0.15) is 0 Å². The number of carbonyl (C=O) groups excluding carboxylic acids is 1. The van der Waals surface area contributed by atoms with Crippen LogP contribution in [0.1, 0.15) is 43.2 Å². The number of nitro groups is 1. The Morgan fingerprint density at radius 2 is 1.71 bits per heavy atom. The summed E-state index contributed by atoms with van der Waals surface area (Å²) < 4.78 is 4.82. The van der Waals surface area contributed by atoms with Crippen LogP contribution in [0, 0.1) is 30.9 Å². The number of hydrogen-bond acceptors (Lipinski definition) is 5. The molecule has 0 aliphatic carbocycles. The average molecular weight is 427 g/mol. The number of aromatic nitrogens is 1. The highest BCUT2D eigenvalue weighted by Gasteiger charge is 2.27. The Labute approximate surface area is 182 Å². The first-order chi connectivity index (χ1) is 14.3. The zero-order chi connectivity index (χ0) is 23.5. The van der Waals surface area contributed by atoms with Gasteiger partial charge in [0.15, 0.2) is 0 Å². The number of ether oxygens (including phenoxy) is 1. The Balaban J connectivity index is 0.000000614. The van der Waals surface area contributed by atoms with Crippen molar-refractivity contribution in [3.05, 3.63) is 62.8 Å². The molecule has 0 atom stereocenters. The quantitative estimate of drug-likeness (QED) is 0.340. The summed E-state index contributed by atoms with van der Waals surface area (Å²) in [6.07, 6.45) is -0.0213. The minimum Gasteiger partial charge on any atom is -0.469 e. The molecule has 0 spiro atoms. The largest absolute Gasteiger partial charge is 0.469 e. The number of rotatable bonds is 4. The molecule has 1 heterocycles. The van der Waals surface area contributed by atoms with E-state index in [4.69, 9.17) is 9.84 Å². The molecular formula is C24H30N2O5. The van der Waals surface area contributed by atoms with E-state index in [2.05, 4.69) is 4.98 Å². The van der Waals surface area contributed by atoms with Crippen LogP contribution >= 0.6 is 0 Å². The maximum Gasteiger partial charge on any atom is 0.310 e. The second kappa shape index (κ2) is 9.31. The second-order valence-electron chi connectivity index (χ2n) is 8.62. The highest BCUT2D eigenvalue weighted by Crippen LogP contribution is 2.41. The lowest BCUT2D eigenvalue weighted by molar-refractivity contribution is -0.383.